The van der Waals surface area contributed by atoms with Gasteiger partial charge in [0.05, 0.1) is 48.1 Å². The second-order valence-corrected chi connectivity index (χ2v) is 14.4. The minimum atomic E-state index is -4.70. The van der Waals surface area contributed by atoms with Gasteiger partial charge in [0, 0.05) is 61.5 Å². The molecule has 7 rings (SSSR count). The Morgan fingerprint density at radius 3 is 2.29 bits per heavy atom. The van der Waals surface area contributed by atoms with Gasteiger partial charge in [0.2, 0.25) is 11.8 Å². The number of fused-ring (bicyclic) bond motifs is 1. The standard InChI is InChI=1S/C38H39ClF3N5O5/c1-37(50)19-47(20-37)15-21-10-12-31(44-34(21)51-2)28-9-5-8-27(32(28)39)24-6-4-7-26-25(24)11-13-30(26)43-33-29(38(40,41)42)14-22(35(45-33)52-3)16-46-17-23(18-46)36(48)49/h4-10,12,14,23,30,50H,11,13,15-20H2,1-3H3,(H,43,45)(H,48,49)/t30-/m0/s1. The van der Waals surface area contributed by atoms with Crippen LogP contribution in [-0.2, 0) is 30.5 Å². The normalized spacial score (nSPS) is 18.7. The number of alkyl halides is 3. The molecule has 52 heavy (non-hydrogen) atoms. The van der Waals surface area contributed by atoms with Crippen LogP contribution in [0.1, 0.15) is 47.2 Å². The second kappa shape index (κ2) is 13.8. The van der Waals surface area contributed by atoms with E-state index in [1.165, 1.54) is 7.11 Å². The molecular weight excluding hydrogens is 699 g/mol. The number of nitrogens with zero attached hydrogens (tertiary/aromatic N) is 4. The topological polar surface area (TPSA) is 120 Å². The van der Waals surface area contributed by atoms with Crippen LogP contribution in [0.4, 0.5) is 19.0 Å². The number of hydrogen-bond acceptors (Lipinski definition) is 9. The summed E-state index contributed by atoms with van der Waals surface area (Å²) in [6.07, 6.45) is -3.56. The fraction of sp³-hybridized carbons (Fsp3) is 0.395. The van der Waals surface area contributed by atoms with E-state index in [0.29, 0.717) is 54.6 Å². The van der Waals surface area contributed by atoms with Gasteiger partial charge in [0.25, 0.3) is 0 Å². The zero-order valence-electron chi connectivity index (χ0n) is 28.9. The number of aromatic nitrogens is 2. The monoisotopic (exact) mass is 737 g/mol. The van der Waals surface area contributed by atoms with Crippen molar-refractivity contribution >= 4 is 23.4 Å². The number of carbonyl (C=O) groups is 1. The molecule has 0 amide bonds. The lowest BCUT2D eigenvalue weighted by atomic mass is 9.94. The Hall–Kier alpha value is -4.43. The molecule has 4 heterocycles. The number of carboxylic acids is 1. The first-order chi connectivity index (χ1) is 24.7. The SMILES string of the molecule is COc1nc(-c2cccc(-c3cccc4c3CC[C@@H]4Nc3nc(OC)c(CN4CC(C(=O)O)C4)cc3C(F)(F)F)c2Cl)ccc1CN1CC(C)(O)C1. The van der Waals surface area contributed by atoms with Gasteiger partial charge >= 0.3 is 12.1 Å². The molecule has 274 valence electrons. The van der Waals surface area contributed by atoms with E-state index >= 15 is 0 Å². The molecule has 2 saturated heterocycles. The maximum absolute atomic E-state index is 14.5. The Morgan fingerprint density at radius 2 is 1.62 bits per heavy atom. The average Bonchev–Trinajstić information content (AvgIpc) is 3.48. The number of hydrogen-bond donors (Lipinski definition) is 3. The molecule has 3 N–H and O–H groups in total. The average molecular weight is 738 g/mol. The van der Waals surface area contributed by atoms with E-state index in [0.717, 1.165) is 33.9 Å². The second-order valence-electron chi connectivity index (χ2n) is 14.1. The van der Waals surface area contributed by atoms with Crippen molar-refractivity contribution in [3.8, 4) is 34.1 Å². The first-order valence-electron chi connectivity index (χ1n) is 17.0. The van der Waals surface area contributed by atoms with Gasteiger partial charge in [-0.25, -0.2) is 4.98 Å². The summed E-state index contributed by atoms with van der Waals surface area (Å²) in [6.45, 7) is 4.13. The van der Waals surface area contributed by atoms with Crippen molar-refractivity contribution in [3.63, 3.8) is 0 Å². The lowest BCUT2D eigenvalue weighted by Crippen LogP contribution is -2.59. The Kier molecular flexibility index (Phi) is 9.57. The van der Waals surface area contributed by atoms with Crippen LogP contribution in [0.25, 0.3) is 22.4 Å². The molecule has 1 aliphatic carbocycles. The third-order valence-corrected chi connectivity index (χ3v) is 10.5. The van der Waals surface area contributed by atoms with Crippen LogP contribution in [0.2, 0.25) is 5.02 Å². The van der Waals surface area contributed by atoms with E-state index in [1.54, 1.807) is 12.0 Å². The summed E-state index contributed by atoms with van der Waals surface area (Å²) in [5.74, 6) is -1.27. The molecular formula is C38H39ClF3N5O5. The molecule has 0 unspecified atom stereocenters. The summed E-state index contributed by atoms with van der Waals surface area (Å²) in [5.41, 5.74) is 4.38. The zero-order valence-corrected chi connectivity index (χ0v) is 29.7. The van der Waals surface area contributed by atoms with Gasteiger partial charge in [-0.2, -0.15) is 18.2 Å². The molecule has 2 aliphatic heterocycles. The highest BCUT2D eigenvalue weighted by Crippen LogP contribution is 2.45. The quantitative estimate of drug-likeness (QED) is 0.154. The van der Waals surface area contributed by atoms with Crippen LogP contribution in [0.5, 0.6) is 11.8 Å². The van der Waals surface area contributed by atoms with Gasteiger partial charge in [-0.3, -0.25) is 14.6 Å². The Balaban J connectivity index is 1.15. The highest BCUT2D eigenvalue weighted by atomic mass is 35.5. The number of nitrogens with one attached hydrogen (secondary N) is 1. The number of benzene rings is 2. The van der Waals surface area contributed by atoms with Gasteiger partial charge in [0.15, 0.2) is 0 Å². The third kappa shape index (κ3) is 7.02. The molecule has 4 aromatic rings. The predicted octanol–water partition coefficient (Wildman–Crippen LogP) is 6.68. The minimum absolute atomic E-state index is 0.0526. The van der Waals surface area contributed by atoms with E-state index in [-0.39, 0.29) is 36.9 Å². The minimum Gasteiger partial charge on any atom is -0.481 e. The molecule has 2 aromatic heterocycles. The highest BCUT2D eigenvalue weighted by Gasteiger charge is 2.39. The molecule has 10 nitrogen and oxygen atoms in total. The summed E-state index contributed by atoms with van der Waals surface area (Å²) in [4.78, 5) is 24.2. The molecule has 1 atom stereocenters. The van der Waals surface area contributed by atoms with E-state index in [2.05, 4.69) is 15.2 Å². The van der Waals surface area contributed by atoms with Gasteiger partial charge in [0.1, 0.15) is 5.82 Å². The van der Waals surface area contributed by atoms with Crippen LogP contribution in [-0.4, -0.2) is 81.9 Å². The van der Waals surface area contributed by atoms with E-state index in [9.17, 15) is 28.2 Å². The van der Waals surface area contributed by atoms with Crippen molar-refractivity contribution in [1.82, 2.24) is 19.8 Å². The number of anilines is 1. The summed E-state index contributed by atoms with van der Waals surface area (Å²) >= 11 is 7.11. The maximum Gasteiger partial charge on any atom is 0.419 e. The Morgan fingerprint density at radius 1 is 0.962 bits per heavy atom. The van der Waals surface area contributed by atoms with Crippen LogP contribution < -0.4 is 14.8 Å². The molecule has 2 fully saturated rings. The highest BCUT2D eigenvalue weighted by molar-refractivity contribution is 6.36. The van der Waals surface area contributed by atoms with Crippen molar-refractivity contribution in [1.29, 1.82) is 0 Å². The molecule has 2 aromatic carbocycles. The number of likely N-dealkylation sites (tertiary alicyclic amines) is 2. The number of ether oxygens (including phenoxy) is 2. The third-order valence-electron chi connectivity index (χ3n) is 10.1. The summed E-state index contributed by atoms with van der Waals surface area (Å²) in [5, 5.41) is 22.9. The van der Waals surface area contributed by atoms with E-state index < -0.39 is 35.3 Å². The van der Waals surface area contributed by atoms with Crippen LogP contribution >= 0.6 is 11.6 Å². The molecule has 0 saturated carbocycles. The molecule has 0 radical (unpaired) electrons. The van der Waals surface area contributed by atoms with Crippen LogP contribution in [0, 0.1) is 5.92 Å². The molecule has 0 spiro atoms. The maximum atomic E-state index is 14.5. The Bertz CT molecular complexity index is 2010. The van der Waals surface area contributed by atoms with E-state index in [1.807, 2.05) is 55.5 Å². The van der Waals surface area contributed by atoms with Crippen molar-refractivity contribution in [2.24, 2.45) is 5.92 Å². The molecule has 0 bridgehead atoms. The lowest BCUT2D eigenvalue weighted by Gasteiger charge is -2.44. The first kappa shape index (κ1) is 36.0. The number of aliphatic hydroxyl groups is 1. The van der Waals surface area contributed by atoms with Crippen molar-refractivity contribution < 1.29 is 37.7 Å². The lowest BCUT2D eigenvalue weighted by molar-refractivity contribution is -0.147. The van der Waals surface area contributed by atoms with Crippen molar-refractivity contribution in [2.45, 2.75) is 50.7 Å². The van der Waals surface area contributed by atoms with Gasteiger partial charge in [-0.1, -0.05) is 54.1 Å². The molecule has 14 heteroatoms. The van der Waals surface area contributed by atoms with Gasteiger partial charge in [-0.05, 0) is 48.6 Å². The van der Waals surface area contributed by atoms with E-state index in [4.69, 9.17) is 26.1 Å². The smallest absolute Gasteiger partial charge is 0.419 e. The van der Waals surface area contributed by atoms with Gasteiger partial charge < -0.3 is 25.0 Å². The summed E-state index contributed by atoms with van der Waals surface area (Å²) < 4.78 is 54.5. The number of carboxylic acid groups (broad SMARTS) is 1. The summed E-state index contributed by atoms with van der Waals surface area (Å²) in [7, 11) is 2.92. The number of aliphatic carboxylic acids is 1. The summed E-state index contributed by atoms with van der Waals surface area (Å²) in [6, 6.07) is 15.9. The number of pyridine rings is 2. The van der Waals surface area contributed by atoms with Crippen LogP contribution in [0.15, 0.2) is 54.6 Å². The van der Waals surface area contributed by atoms with Crippen molar-refractivity contribution in [2.75, 3.05) is 45.7 Å². The number of rotatable bonds is 11. The number of β-amino-alcohol motifs (C(OH)–C–C–N with tert-alkyl or cyclic N) is 1. The fourth-order valence-corrected chi connectivity index (χ4v) is 7.92. The predicted molar refractivity (Wildman–Crippen MR) is 189 cm³/mol. The number of methoxy groups -OCH3 is 2. The fourth-order valence-electron chi connectivity index (χ4n) is 7.60. The zero-order chi connectivity index (χ0) is 36.9. The first-order valence-corrected chi connectivity index (χ1v) is 17.4. The van der Waals surface area contributed by atoms with Gasteiger partial charge in [-0.15, -0.1) is 0 Å². The number of halogens is 4. The molecule has 3 aliphatic rings. The van der Waals surface area contributed by atoms with Crippen LogP contribution in [0.3, 0.4) is 0 Å². The Labute approximate surface area is 304 Å². The van der Waals surface area contributed by atoms with Crippen molar-refractivity contribution in [3.05, 3.63) is 87.4 Å². The largest absolute Gasteiger partial charge is 0.481 e.